The van der Waals surface area contributed by atoms with E-state index in [4.69, 9.17) is 4.74 Å². The summed E-state index contributed by atoms with van der Waals surface area (Å²) in [5.74, 6) is 0.370. The van der Waals surface area contributed by atoms with Crippen LogP contribution in [0.1, 0.15) is 51.4 Å². The zero-order chi connectivity index (χ0) is 16.6. The van der Waals surface area contributed by atoms with Crippen molar-refractivity contribution in [1.82, 2.24) is 14.7 Å². The smallest absolute Gasteiger partial charge is 0.222 e. The topological polar surface area (TPSA) is 36.0 Å². The molecular formula is C19H35N3O2. The van der Waals surface area contributed by atoms with E-state index in [1.54, 1.807) is 0 Å². The van der Waals surface area contributed by atoms with Crippen LogP contribution in [-0.4, -0.2) is 85.7 Å². The molecule has 1 atom stereocenters. The van der Waals surface area contributed by atoms with Crippen LogP contribution in [0.5, 0.6) is 0 Å². The van der Waals surface area contributed by atoms with Gasteiger partial charge in [0.2, 0.25) is 5.91 Å². The number of amides is 1. The van der Waals surface area contributed by atoms with Crippen molar-refractivity contribution in [2.24, 2.45) is 0 Å². The Balaban J connectivity index is 1.35. The first kappa shape index (κ1) is 18.2. The van der Waals surface area contributed by atoms with Gasteiger partial charge in [0.15, 0.2) is 0 Å². The van der Waals surface area contributed by atoms with Crippen molar-refractivity contribution in [3.05, 3.63) is 0 Å². The summed E-state index contributed by atoms with van der Waals surface area (Å²) in [6, 6.07) is 0.586. The largest absolute Gasteiger partial charge is 0.380 e. The summed E-state index contributed by atoms with van der Waals surface area (Å²) in [4.78, 5) is 19.8. The average molecular weight is 338 g/mol. The van der Waals surface area contributed by atoms with Gasteiger partial charge < -0.3 is 14.5 Å². The molecule has 0 aliphatic carbocycles. The zero-order valence-electron chi connectivity index (χ0n) is 15.3. The van der Waals surface area contributed by atoms with E-state index < -0.39 is 0 Å². The van der Waals surface area contributed by atoms with Crippen LogP contribution in [0.2, 0.25) is 0 Å². The lowest BCUT2D eigenvalue weighted by Crippen LogP contribution is -2.40. The molecule has 0 aromatic heterocycles. The molecule has 0 bridgehead atoms. The fraction of sp³-hybridized carbons (Fsp3) is 0.947. The zero-order valence-corrected chi connectivity index (χ0v) is 15.3. The van der Waals surface area contributed by atoms with E-state index in [2.05, 4.69) is 14.7 Å². The molecule has 5 nitrogen and oxygen atoms in total. The lowest BCUT2D eigenvalue weighted by Gasteiger charge is -2.26. The maximum Gasteiger partial charge on any atom is 0.222 e. The van der Waals surface area contributed by atoms with Crippen LogP contribution in [0.3, 0.4) is 0 Å². The second-order valence-electron chi connectivity index (χ2n) is 7.65. The minimum atomic E-state index is 0.370. The van der Waals surface area contributed by atoms with Crippen LogP contribution in [0.15, 0.2) is 0 Å². The van der Waals surface area contributed by atoms with Crippen molar-refractivity contribution in [1.29, 1.82) is 0 Å². The molecule has 3 aliphatic heterocycles. The lowest BCUT2D eigenvalue weighted by molar-refractivity contribution is -0.131. The molecule has 1 amide bonds. The van der Waals surface area contributed by atoms with E-state index in [1.165, 1.54) is 38.8 Å². The van der Waals surface area contributed by atoms with E-state index >= 15 is 0 Å². The van der Waals surface area contributed by atoms with Crippen molar-refractivity contribution >= 4 is 5.91 Å². The third kappa shape index (κ3) is 5.43. The number of ether oxygens (including phenoxy) is 1. The molecule has 3 rings (SSSR count). The highest BCUT2D eigenvalue weighted by Crippen LogP contribution is 2.16. The van der Waals surface area contributed by atoms with Crippen molar-refractivity contribution in [2.75, 3.05) is 59.0 Å². The summed E-state index contributed by atoms with van der Waals surface area (Å²) in [5.41, 5.74) is 0. The molecule has 138 valence electrons. The molecular weight excluding hydrogens is 302 g/mol. The molecule has 0 aromatic rings. The van der Waals surface area contributed by atoms with Crippen LogP contribution in [0.4, 0.5) is 0 Å². The molecule has 1 unspecified atom stereocenters. The summed E-state index contributed by atoms with van der Waals surface area (Å²) in [6.07, 6.45) is 9.44. The Morgan fingerprint density at radius 2 is 1.75 bits per heavy atom. The molecule has 0 aromatic carbocycles. The third-order valence-electron chi connectivity index (χ3n) is 5.87. The van der Waals surface area contributed by atoms with Crippen molar-refractivity contribution in [3.8, 4) is 0 Å². The minimum Gasteiger partial charge on any atom is -0.380 e. The first-order valence-corrected chi connectivity index (χ1v) is 10.1. The number of rotatable bonds is 5. The molecule has 3 saturated heterocycles. The Morgan fingerprint density at radius 3 is 2.50 bits per heavy atom. The Kier molecular flexibility index (Phi) is 7.36. The van der Waals surface area contributed by atoms with Crippen LogP contribution in [0, 0.1) is 0 Å². The molecule has 24 heavy (non-hydrogen) atoms. The molecule has 3 aliphatic rings. The molecule has 0 spiro atoms. The summed E-state index contributed by atoms with van der Waals surface area (Å²) in [5, 5.41) is 0. The minimum absolute atomic E-state index is 0.370. The lowest BCUT2D eigenvalue weighted by atomic mass is 10.2. The Morgan fingerprint density at radius 1 is 0.917 bits per heavy atom. The van der Waals surface area contributed by atoms with Gasteiger partial charge in [0, 0.05) is 45.2 Å². The Labute approximate surface area is 147 Å². The maximum absolute atomic E-state index is 12.6. The number of carbonyl (C=O) groups excluding carboxylic acids is 1. The van der Waals surface area contributed by atoms with Crippen molar-refractivity contribution in [2.45, 2.75) is 57.4 Å². The number of hydrogen-bond donors (Lipinski definition) is 0. The Hall–Kier alpha value is -0.650. The first-order valence-electron chi connectivity index (χ1n) is 10.1. The van der Waals surface area contributed by atoms with Crippen LogP contribution >= 0.6 is 0 Å². The van der Waals surface area contributed by atoms with E-state index in [1.807, 2.05) is 0 Å². The molecule has 0 radical (unpaired) electrons. The van der Waals surface area contributed by atoms with Gasteiger partial charge in [0.25, 0.3) is 0 Å². The SMILES string of the molecule is O=C(CCCN1CCCCCC1)N1CCCN(C2CCOC2)CC1. The second-order valence-corrected chi connectivity index (χ2v) is 7.65. The average Bonchev–Trinajstić information content (AvgIpc) is 2.85. The van der Waals surface area contributed by atoms with Crippen molar-refractivity contribution in [3.63, 3.8) is 0 Å². The monoisotopic (exact) mass is 337 g/mol. The van der Waals surface area contributed by atoms with Gasteiger partial charge >= 0.3 is 0 Å². The molecule has 0 saturated carbocycles. The highest BCUT2D eigenvalue weighted by molar-refractivity contribution is 5.76. The van der Waals surface area contributed by atoms with E-state index in [-0.39, 0.29) is 0 Å². The predicted molar refractivity (Wildman–Crippen MR) is 96.1 cm³/mol. The first-order chi connectivity index (χ1) is 11.8. The molecule has 5 heteroatoms. The number of nitrogens with zero attached hydrogens (tertiary/aromatic N) is 3. The quantitative estimate of drug-likeness (QED) is 0.768. The highest BCUT2D eigenvalue weighted by atomic mass is 16.5. The Bertz CT molecular complexity index is 377. The second kappa shape index (κ2) is 9.73. The fourth-order valence-corrected chi connectivity index (χ4v) is 4.33. The molecule has 3 fully saturated rings. The van der Waals surface area contributed by atoms with Gasteiger partial charge in [-0.1, -0.05) is 12.8 Å². The van der Waals surface area contributed by atoms with Gasteiger partial charge in [-0.2, -0.15) is 0 Å². The number of carbonyl (C=O) groups is 1. The standard InChI is InChI=1S/C19H35N3O2/c23-19(7-5-11-20-9-3-1-2-4-10-20)22-13-6-12-21(14-15-22)18-8-16-24-17-18/h18H,1-17H2. The van der Waals surface area contributed by atoms with Crippen LogP contribution in [-0.2, 0) is 9.53 Å². The van der Waals surface area contributed by atoms with Gasteiger partial charge in [-0.3, -0.25) is 9.69 Å². The fourth-order valence-electron chi connectivity index (χ4n) is 4.33. The van der Waals surface area contributed by atoms with Crippen molar-refractivity contribution < 1.29 is 9.53 Å². The normalized spacial score (nSPS) is 27.8. The van der Waals surface area contributed by atoms with Gasteiger partial charge in [-0.25, -0.2) is 0 Å². The maximum atomic E-state index is 12.6. The van der Waals surface area contributed by atoms with Gasteiger partial charge in [-0.15, -0.1) is 0 Å². The van der Waals surface area contributed by atoms with E-state index in [9.17, 15) is 4.79 Å². The summed E-state index contributed by atoms with van der Waals surface area (Å²) in [6.45, 7) is 9.32. The van der Waals surface area contributed by atoms with Crippen LogP contribution in [0.25, 0.3) is 0 Å². The number of likely N-dealkylation sites (tertiary alicyclic amines) is 1. The summed E-state index contributed by atoms with van der Waals surface area (Å²) >= 11 is 0. The molecule has 3 heterocycles. The number of hydrogen-bond acceptors (Lipinski definition) is 4. The summed E-state index contributed by atoms with van der Waals surface area (Å²) in [7, 11) is 0. The van der Waals surface area contributed by atoms with Gasteiger partial charge in [0.05, 0.1) is 6.61 Å². The molecule has 0 N–H and O–H groups in total. The van der Waals surface area contributed by atoms with Gasteiger partial charge in [0.1, 0.15) is 0 Å². The van der Waals surface area contributed by atoms with Crippen LogP contribution < -0.4 is 0 Å². The predicted octanol–water partition coefficient (Wildman–Crippen LogP) is 1.97. The highest BCUT2D eigenvalue weighted by Gasteiger charge is 2.26. The third-order valence-corrected chi connectivity index (χ3v) is 5.87. The van der Waals surface area contributed by atoms with Gasteiger partial charge in [-0.05, 0) is 51.7 Å². The van der Waals surface area contributed by atoms with E-state index in [0.717, 1.165) is 71.6 Å². The summed E-state index contributed by atoms with van der Waals surface area (Å²) < 4.78 is 5.52. The van der Waals surface area contributed by atoms with E-state index in [0.29, 0.717) is 11.9 Å².